The first-order valence-electron chi connectivity index (χ1n) is 7.81. The molecule has 1 aromatic heterocycles. The van der Waals surface area contributed by atoms with Crippen molar-refractivity contribution in [3.8, 4) is 22.1 Å². The molecule has 0 bridgehead atoms. The number of carbonyl (C=O) groups is 1. The highest BCUT2D eigenvalue weighted by atomic mass is 32.1. The van der Waals surface area contributed by atoms with Gasteiger partial charge >= 0.3 is 0 Å². The molecule has 2 heterocycles. The molecule has 0 saturated heterocycles. The van der Waals surface area contributed by atoms with E-state index in [-0.39, 0.29) is 18.6 Å². The Morgan fingerprint density at radius 1 is 1.42 bits per heavy atom. The second-order valence-corrected chi connectivity index (χ2v) is 7.19. The Balaban J connectivity index is 1.79. The zero-order valence-corrected chi connectivity index (χ0v) is 14.8. The SMILES string of the molecule is CC(C)C(C)(CN)NC(=O)c1csc(-c2ccc3c(c2)OCO3)n1. The predicted molar refractivity (Wildman–Crippen MR) is 93.4 cm³/mol. The first kappa shape index (κ1) is 16.7. The Hall–Kier alpha value is -2.12. The number of nitrogens with one attached hydrogen (secondary N) is 1. The highest BCUT2D eigenvalue weighted by Gasteiger charge is 2.29. The molecule has 1 amide bonds. The Morgan fingerprint density at radius 3 is 2.88 bits per heavy atom. The normalized spacial score (nSPS) is 15.4. The van der Waals surface area contributed by atoms with Crippen LogP contribution in [0.1, 0.15) is 31.3 Å². The Bertz CT molecular complexity index is 759. The van der Waals surface area contributed by atoms with Crippen molar-refractivity contribution in [2.45, 2.75) is 26.3 Å². The molecule has 0 spiro atoms. The van der Waals surface area contributed by atoms with Crippen molar-refractivity contribution in [2.75, 3.05) is 13.3 Å². The van der Waals surface area contributed by atoms with Gasteiger partial charge in [0.05, 0.1) is 5.54 Å². The van der Waals surface area contributed by atoms with Gasteiger partial charge in [-0.2, -0.15) is 0 Å². The van der Waals surface area contributed by atoms with Gasteiger partial charge < -0.3 is 20.5 Å². The quantitative estimate of drug-likeness (QED) is 0.868. The molecule has 1 aliphatic rings. The summed E-state index contributed by atoms with van der Waals surface area (Å²) in [5.74, 6) is 1.44. The van der Waals surface area contributed by atoms with Gasteiger partial charge in [0.15, 0.2) is 11.5 Å². The molecule has 7 heteroatoms. The second-order valence-electron chi connectivity index (χ2n) is 6.34. The summed E-state index contributed by atoms with van der Waals surface area (Å²) >= 11 is 1.42. The van der Waals surface area contributed by atoms with Gasteiger partial charge in [0.25, 0.3) is 5.91 Å². The summed E-state index contributed by atoms with van der Waals surface area (Å²) in [6, 6.07) is 5.64. The van der Waals surface area contributed by atoms with Gasteiger partial charge in [-0.25, -0.2) is 4.98 Å². The fourth-order valence-corrected chi connectivity index (χ4v) is 3.09. The van der Waals surface area contributed by atoms with E-state index in [1.54, 1.807) is 5.38 Å². The van der Waals surface area contributed by atoms with Crippen molar-refractivity contribution in [3.05, 3.63) is 29.3 Å². The first-order valence-corrected chi connectivity index (χ1v) is 8.69. The van der Waals surface area contributed by atoms with Gasteiger partial charge in [0, 0.05) is 17.5 Å². The number of hydrogen-bond acceptors (Lipinski definition) is 6. The van der Waals surface area contributed by atoms with Gasteiger partial charge in [-0.15, -0.1) is 11.3 Å². The number of benzene rings is 1. The third-order valence-corrected chi connectivity index (χ3v) is 5.35. The molecule has 6 nitrogen and oxygen atoms in total. The van der Waals surface area contributed by atoms with E-state index >= 15 is 0 Å². The number of nitrogens with zero attached hydrogens (tertiary/aromatic N) is 1. The number of thiazole rings is 1. The highest BCUT2D eigenvalue weighted by Crippen LogP contribution is 2.36. The van der Waals surface area contributed by atoms with Crippen LogP contribution in [0.5, 0.6) is 11.5 Å². The number of ether oxygens (including phenoxy) is 2. The van der Waals surface area contributed by atoms with E-state index in [4.69, 9.17) is 15.2 Å². The lowest BCUT2D eigenvalue weighted by atomic mass is 9.88. The molecule has 1 aromatic carbocycles. The van der Waals surface area contributed by atoms with Crippen LogP contribution in [0.2, 0.25) is 0 Å². The van der Waals surface area contributed by atoms with Gasteiger partial charge in [0.1, 0.15) is 10.7 Å². The van der Waals surface area contributed by atoms with E-state index in [1.807, 2.05) is 39.0 Å². The number of fused-ring (bicyclic) bond motifs is 1. The molecular weight excluding hydrogens is 326 g/mol. The van der Waals surface area contributed by atoms with Gasteiger partial charge in [-0.05, 0) is 31.0 Å². The minimum atomic E-state index is -0.459. The maximum absolute atomic E-state index is 12.5. The van der Waals surface area contributed by atoms with Crippen LogP contribution in [0.25, 0.3) is 10.6 Å². The molecule has 128 valence electrons. The summed E-state index contributed by atoms with van der Waals surface area (Å²) in [5.41, 5.74) is 6.66. The fourth-order valence-electron chi connectivity index (χ4n) is 2.29. The monoisotopic (exact) mass is 347 g/mol. The predicted octanol–water partition coefficient (Wildman–Crippen LogP) is 2.64. The molecule has 24 heavy (non-hydrogen) atoms. The van der Waals surface area contributed by atoms with E-state index in [2.05, 4.69) is 10.3 Å². The third kappa shape index (κ3) is 3.09. The molecule has 3 N–H and O–H groups in total. The first-order chi connectivity index (χ1) is 11.4. The summed E-state index contributed by atoms with van der Waals surface area (Å²) in [5, 5.41) is 5.52. The molecule has 1 unspecified atom stereocenters. The van der Waals surface area contributed by atoms with Crippen LogP contribution in [-0.4, -0.2) is 29.8 Å². The van der Waals surface area contributed by atoms with Gasteiger partial charge in [-0.3, -0.25) is 4.79 Å². The minimum Gasteiger partial charge on any atom is -0.454 e. The number of nitrogens with two attached hydrogens (primary N) is 1. The molecule has 3 rings (SSSR count). The minimum absolute atomic E-state index is 0.208. The topological polar surface area (TPSA) is 86.5 Å². The number of aromatic nitrogens is 1. The lowest BCUT2D eigenvalue weighted by molar-refractivity contribution is 0.0879. The smallest absolute Gasteiger partial charge is 0.271 e. The number of amides is 1. The van der Waals surface area contributed by atoms with Crippen molar-refractivity contribution < 1.29 is 14.3 Å². The second kappa shape index (κ2) is 6.41. The molecule has 1 atom stereocenters. The van der Waals surface area contributed by atoms with Crippen LogP contribution in [0.3, 0.4) is 0 Å². The molecule has 0 fully saturated rings. The number of hydrogen-bond donors (Lipinski definition) is 2. The van der Waals surface area contributed by atoms with E-state index < -0.39 is 5.54 Å². The summed E-state index contributed by atoms with van der Waals surface area (Å²) < 4.78 is 10.7. The van der Waals surface area contributed by atoms with Crippen LogP contribution in [0.15, 0.2) is 23.6 Å². The van der Waals surface area contributed by atoms with Crippen molar-refractivity contribution in [2.24, 2.45) is 11.7 Å². The zero-order chi connectivity index (χ0) is 17.3. The lowest BCUT2D eigenvalue weighted by Gasteiger charge is -2.33. The molecule has 0 saturated carbocycles. The van der Waals surface area contributed by atoms with E-state index in [1.165, 1.54) is 11.3 Å². The lowest BCUT2D eigenvalue weighted by Crippen LogP contribution is -2.55. The molecule has 1 aliphatic heterocycles. The maximum Gasteiger partial charge on any atom is 0.271 e. The van der Waals surface area contributed by atoms with Crippen LogP contribution in [0, 0.1) is 5.92 Å². The van der Waals surface area contributed by atoms with E-state index in [9.17, 15) is 4.79 Å². The Kier molecular flexibility index (Phi) is 4.47. The van der Waals surface area contributed by atoms with Crippen molar-refractivity contribution in [1.82, 2.24) is 10.3 Å². The van der Waals surface area contributed by atoms with E-state index in [0.29, 0.717) is 18.0 Å². The molecule has 0 radical (unpaired) electrons. The largest absolute Gasteiger partial charge is 0.454 e. The summed E-state index contributed by atoms with van der Waals surface area (Å²) in [6.45, 7) is 6.62. The van der Waals surface area contributed by atoms with E-state index in [0.717, 1.165) is 16.3 Å². The maximum atomic E-state index is 12.5. The van der Waals surface area contributed by atoms with Gasteiger partial charge in [-0.1, -0.05) is 13.8 Å². The fraction of sp³-hybridized carbons (Fsp3) is 0.412. The third-order valence-electron chi connectivity index (χ3n) is 4.45. The molecule has 2 aromatic rings. The summed E-state index contributed by atoms with van der Waals surface area (Å²) in [4.78, 5) is 16.9. The van der Waals surface area contributed by atoms with Gasteiger partial charge in [0.2, 0.25) is 6.79 Å². The standard InChI is InChI=1S/C17H21N3O3S/c1-10(2)17(3,8-18)20-15(21)12-7-24-16(19-12)11-4-5-13-14(6-11)23-9-22-13/h4-7,10H,8-9,18H2,1-3H3,(H,20,21). The molecular formula is C17H21N3O3S. The number of carbonyl (C=O) groups excluding carboxylic acids is 1. The average Bonchev–Trinajstić information content (AvgIpc) is 3.22. The summed E-state index contributed by atoms with van der Waals surface area (Å²) in [6.07, 6.45) is 0. The van der Waals surface area contributed by atoms with Crippen molar-refractivity contribution in [3.63, 3.8) is 0 Å². The van der Waals surface area contributed by atoms with Crippen LogP contribution in [0.4, 0.5) is 0 Å². The van der Waals surface area contributed by atoms with Crippen LogP contribution < -0.4 is 20.5 Å². The Morgan fingerprint density at radius 2 is 2.17 bits per heavy atom. The van der Waals surface area contributed by atoms with Crippen molar-refractivity contribution >= 4 is 17.2 Å². The van der Waals surface area contributed by atoms with Crippen LogP contribution >= 0.6 is 11.3 Å². The Labute approximate surface area is 145 Å². The zero-order valence-electron chi connectivity index (χ0n) is 14.0. The van der Waals surface area contributed by atoms with Crippen molar-refractivity contribution in [1.29, 1.82) is 0 Å². The average molecular weight is 347 g/mol. The number of rotatable bonds is 5. The summed E-state index contributed by atoms with van der Waals surface area (Å²) in [7, 11) is 0. The molecule has 0 aliphatic carbocycles. The highest BCUT2D eigenvalue weighted by molar-refractivity contribution is 7.13. The van der Waals surface area contributed by atoms with Crippen LogP contribution in [-0.2, 0) is 0 Å².